The Bertz CT molecular complexity index is 1570. The van der Waals surface area contributed by atoms with Crippen molar-refractivity contribution in [3.63, 3.8) is 0 Å². The predicted molar refractivity (Wildman–Crippen MR) is 159 cm³/mol. The third kappa shape index (κ3) is 6.07. The number of aromatic amines is 1. The van der Waals surface area contributed by atoms with Gasteiger partial charge >= 0.3 is 0 Å². The zero-order chi connectivity index (χ0) is 28.9. The summed E-state index contributed by atoms with van der Waals surface area (Å²) in [5, 5.41) is 7.14. The zero-order valence-corrected chi connectivity index (χ0v) is 23.3. The number of hydrogen-bond acceptors (Lipinski definition) is 6. The van der Waals surface area contributed by atoms with E-state index in [0.29, 0.717) is 57.1 Å². The quantitative estimate of drug-likeness (QED) is 0.349. The van der Waals surface area contributed by atoms with E-state index in [0.717, 1.165) is 22.2 Å². The largest absolute Gasteiger partial charge is 0.494 e. The smallest absolute Gasteiger partial charge is 0.253 e. The molecule has 2 aliphatic heterocycles. The summed E-state index contributed by atoms with van der Waals surface area (Å²) in [4.78, 5) is 51.0. The minimum absolute atomic E-state index is 0.0721. The molecular weight excluding hydrogens is 532 g/mol. The number of rotatable bonds is 4. The summed E-state index contributed by atoms with van der Waals surface area (Å²) in [5.41, 5.74) is 3.31. The molecular formula is C32H34N6O4. The Balaban J connectivity index is 1.18. The molecule has 1 saturated heterocycles. The van der Waals surface area contributed by atoms with Gasteiger partial charge in [0.25, 0.3) is 5.91 Å². The number of amides is 3. The molecule has 2 aromatic carbocycles. The monoisotopic (exact) mass is 566 g/mol. The van der Waals surface area contributed by atoms with Crippen LogP contribution in [0.2, 0.25) is 0 Å². The number of anilines is 1. The van der Waals surface area contributed by atoms with Crippen LogP contribution in [0.4, 0.5) is 5.69 Å². The number of fused-ring (bicyclic) bond motifs is 5. The van der Waals surface area contributed by atoms with Gasteiger partial charge in [-0.05, 0) is 60.5 Å². The topological polar surface area (TPSA) is 120 Å². The van der Waals surface area contributed by atoms with Gasteiger partial charge in [-0.15, -0.1) is 0 Å². The SMILES string of the molecule is O=C1NCCN(C(=O)CNc2cccnc2)CCCOc2cccc(c2)[C@H]2CN(C(=O)c3ccc4[nH]ccc4c3)C[C@H]12. The molecule has 4 heterocycles. The zero-order valence-electron chi connectivity index (χ0n) is 23.3. The number of carbonyl (C=O) groups is 3. The van der Waals surface area contributed by atoms with E-state index in [2.05, 4.69) is 20.6 Å². The van der Waals surface area contributed by atoms with Crippen molar-refractivity contribution in [2.24, 2.45) is 5.92 Å². The standard InChI is InChI=1S/C32H34N6O4/c39-30(19-36-25-5-2-10-33-18-25)37-13-3-15-42-26-6-1-4-22(17-26)27-20-38(21-28(27)31(40)35-12-14-37)32(41)24-7-8-29-23(16-24)9-11-34-29/h1-2,4-11,16-18,27-28,34,36H,3,12-15,19-21H2,(H,35,40)/t27-,28+/m1/s1. The van der Waals surface area contributed by atoms with E-state index >= 15 is 0 Å². The number of pyridine rings is 1. The van der Waals surface area contributed by atoms with Gasteiger partial charge in [-0.25, -0.2) is 0 Å². The first-order valence-corrected chi connectivity index (χ1v) is 14.3. The minimum Gasteiger partial charge on any atom is -0.494 e. The van der Waals surface area contributed by atoms with Crippen LogP contribution in [0, 0.1) is 5.92 Å². The lowest BCUT2D eigenvalue weighted by molar-refractivity contribution is -0.130. The van der Waals surface area contributed by atoms with Gasteiger partial charge in [0.1, 0.15) is 5.75 Å². The molecule has 0 unspecified atom stereocenters. The molecule has 1 fully saturated rings. The van der Waals surface area contributed by atoms with Crippen LogP contribution in [0.3, 0.4) is 0 Å². The van der Waals surface area contributed by atoms with Crippen LogP contribution in [0.5, 0.6) is 5.75 Å². The molecule has 216 valence electrons. The number of aromatic nitrogens is 2. The molecule has 4 aromatic rings. The number of carbonyl (C=O) groups excluding carboxylic acids is 3. The van der Waals surface area contributed by atoms with Crippen LogP contribution in [0.1, 0.15) is 28.3 Å². The van der Waals surface area contributed by atoms with E-state index in [-0.39, 0.29) is 30.2 Å². The van der Waals surface area contributed by atoms with Gasteiger partial charge in [0.05, 0.1) is 24.8 Å². The molecule has 3 amide bonds. The lowest BCUT2D eigenvalue weighted by atomic mass is 9.88. The van der Waals surface area contributed by atoms with Gasteiger partial charge in [0.15, 0.2) is 0 Å². The van der Waals surface area contributed by atoms with Gasteiger partial charge in [-0.2, -0.15) is 0 Å². The number of nitrogens with one attached hydrogen (secondary N) is 3. The highest BCUT2D eigenvalue weighted by Gasteiger charge is 2.40. The Hall–Kier alpha value is -4.86. The third-order valence-electron chi connectivity index (χ3n) is 8.01. The Morgan fingerprint density at radius 1 is 1.00 bits per heavy atom. The molecule has 2 aliphatic rings. The fraction of sp³-hybridized carbons (Fsp3) is 0.312. The Labute approximate surface area is 244 Å². The van der Waals surface area contributed by atoms with Gasteiger partial charge in [0, 0.05) is 73.7 Å². The molecule has 0 saturated carbocycles. The van der Waals surface area contributed by atoms with Crippen molar-refractivity contribution in [3.05, 3.63) is 90.4 Å². The average Bonchev–Trinajstić information content (AvgIpc) is 3.68. The first-order chi connectivity index (χ1) is 20.5. The number of hydrogen-bond donors (Lipinski definition) is 3. The summed E-state index contributed by atoms with van der Waals surface area (Å²) in [6, 6.07) is 19.0. The van der Waals surface area contributed by atoms with Gasteiger partial charge in [-0.1, -0.05) is 12.1 Å². The highest BCUT2D eigenvalue weighted by Crippen LogP contribution is 2.35. The van der Waals surface area contributed by atoms with Crippen LogP contribution >= 0.6 is 0 Å². The number of H-pyrrole nitrogens is 1. The molecule has 3 N–H and O–H groups in total. The Kier molecular flexibility index (Phi) is 8.02. The number of ether oxygens (including phenoxy) is 1. The normalized spacial score (nSPS) is 19.4. The second kappa shape index (κ2) is 12.3. The van der Waals surface area contributed by atoms with Crippen molar-refractivity contribution in [1.82, 2.24) is 25.1 Å². The maximum absolute atomic E-state index is 13.6. The Morgan fingerprint density at radius 2 is 1.90 bits per heavy atom. The van der Waals surface area contributed by atoms with Gasteiger partial charge < -0.3 is 30.2 Å². The molecule has 10 nitrogen and oxygen atoms in total. The van der Waals surface area contributed by atoms with Crippen LogP contribution in [0.15, 0.2) is 79.3 Å². The highest BCUT2D eigenvalue weighted by atomic mass is 16.5. The average molecular weight is 567 g/mol. The summed E-state index contributed by atoms with van der Waals surface area (Å²) in [5.74, 6) is -0.195. The maximum atomic E-state index is 13.6. The summed E-state index contributed by atoms with van der Waals surface area (Å²) in [6.07, 6.45) is 5.85. The van der Waals surface area contributed by atoms with Crippen LogP contribution in [-0.2, 0) is 9.59 Å². The van der Waals surface area contributed by atoms with Crippen molar-refractivity contribution < 1.29 is 19.1 Å². The summed E-state index contributed by atoms with van der Waals surface area (Å²) < 4.78 is 6.05. The van der Waals surface area contributed by atoms with Crippen LogP contribution in [0.25, 0.3) is 10.9 Å². The molecule has 2 atom stereocenters. The van der Waals surface area contributed by atoms with E-state index in [1.54, 1.807) is 22.2 Å². The highest BCUT2D eigenvalue weighted by molar-refractivity contribution is 5.98. The lowest BCUT2D eigenvalue weighted by Crippen LogP contribution is -2.44. The number of benzene rings is 2. The molecule has 0 aliphatic carbocycles. The molecule has 2 aromatic heterocycles. The van der Waals surface area contributed by atoms with E-state index < -0.39 is 5.92 Å². The molecule has 0 radical (unpaired) electrons. The Morgan fingerprint density at radius 3 is 2.79 bits per heavy atom. The van der Waals surface area contributed by atoms with E-state index in [4.69, 9.17) is 4.74 Å². The summed E-state index contributed by atoms with van der Waals surface area (Å²) >= 11 is 0. The lowest BCUT2D eigenvalue weighted by Gasteiger charge is -2.25. The van der Waals surface area contributed by atoms with Crippen molar-refractivity contribution >= 4 is 34.3 Å². The second-order valence-corrected chi connectivity index (χ2v) is 10.7. The first-order valence-electron chi connectivity index (χ1n) is 14.3. The molecule has 10 heteroatoms. The molecule has 6 rings (SSSR count). The molecule has 42 heavy (non-hydrogen) atoms. The second-order valence-electron chi connectivity index (χ2n) is 10.7. The molecule has 2 bridgehead atoms. The fourth-order valence-corrected chi connectivity index (χ4v) is 5.79. The fourth-order valence-electron chi connectivity index (χ4n) is 5.79. The van der Waals surface area contributed by atoms with Gasteiger partial charge in [-0.3, -0.25) is 19.4 Å². The van der Waals surface area contributed by atoms with Crippen LogP contribution in [-0.4, -0.2) is 83.4 Å². The molecule has 0 spiro atoms. The third-order valence-corrected chi connectivity index (χ3v) is 8.01. The van der Waals surface area contributed by atoms with E-state index in [1.165, 1.54) is 0 Å². The summed E-state index contributed by atoms with van der Waals surface area (Å²) in [7, 11) is 0. The van der Waals surface area contributed by atoms with Crippen molar-refractivity contribution in [2.75, 3.05) is 51.2 Å². The van der Waals surface area contributed by atoms with Gasteiger partial charge in [0.2, 0.25) is 11.8 Å². The number of likely N-dealkylation sites (tertiary alicyclic amines) is 1. The van der Waals surface area contributed by atoms with Crippen molar-refractivity contribution in [2.45, 2.75) is 12.3 Å². The van der Waals surface area contributed by atoms with E-state index in [9.17, 15) is 14.4 Å². The number of nitrogens with zero attached hydrogens (tertiary/aromatic N) is 3. The van der Waals surface area contributed by atoms with Crippen molar-refractivity contribution in [1.29, 1.82) is 0 Å². The summed E-state index contributed by atoms with van der Waals surface area (Å²) in [6.45, 7) is 2.51. The van der Waals surface area contributed by atoms with Crippen LogP contribution < -0.4 is 15.4 Å². The maximum Gasteiger partial charge on any atom is 0.253 e. The van der Waals surface area contributed by atoms with Crippen molar-refractivity contribution in [3.8, 4) is 5.75 Å². The first kappa shape index (κ1) is 27.3. The minimum atomic E-state index is -0.431. The van der Waals surface area contributed by atoms with E-state index in [1.807, 2.05) is 66.9 Å². The predicted octanol–water partition coefficient (Wildman–Crippen LogP) is 3.26.